The lowest BCUT2D eigenvalue weighted by Crippen LogP contribution is -2.46. The van der Waals surface area contributed by atoms with Crippen molar-refractivity contribution in [3.05, 3.63) is 167 Å². The van der Waals surface area contributed by atoms with Crippen LogP contribution in [0.5, 0.6) is 0 Å². The summed E-state index contributed by atoms with van der Waals surface area (Å²) in [5, 5.41) is 4.69. The molecular formula is C36H28O2. The second-order valence-electron chi connectivity index (χ2n) is 9.99. The molecule has 6 aromatic rings. The minimum Gasteiger partial charge on any atom is -0.364 e. The smallest absolute Gasteiger partial charge is 0.144 e. The Morgan fingerprint density at radius 2 is 0.632 bits per heavy atom. The molecule has 184 valence electrons. The van der Waals surface area contributed by atoms with Crippen molar-refractivity contribution in [2.75, 3.05) is 14.2 Å². The van der Waals surface area contributed by atoms with Crippen molar-refractivity contribution >= 4 is 21.5 Å². The van der Waals surface area contributed by atoms with Crippen LogP contribution < -0.4 is 0 Å². The molecule has 0 fully saturated rings. The molecule has 2 nitrogen and oxygen atoms in total. The molecule has 0 aromatic heterocycles. The first kappa shape index (κ1) is 22.9. The van der Waals surface area contributed by atoms with Gasteiger partial charge in [0.25, 0.3) is 0 Å². The van der Waals surface area contributed by atoms with Crippen LogP contribution in [0, 0.1) is 0 Å². The van der Waals surface area contributed by atoms with Gasteiger partial charge in [-0.05, 0) is 56.9 Å². The predicted octanol–water partition coefficient (Wildman–Crippen LogP) is 8.18. The van der Waals surface area contributed by atoms with Crippen molar-refractivity contribution in [2.45, 2.75) is 11.2 Å². The lowest BCUT2D eigenvalue weighted by Gasteiger charge is -2.49. The quantitative estimate of drug-likeness (QED) is 0.247. The van der Waals surface area contributed by atoms with E-state index in [-0.39, 0.29) is 0 Å². The molecule has 2 heteroatoms. The maximum absolute atomic E-state index is 6.73. The van der Waals surface area contributed by atoms with Crippen molar-refractivity contribution in [1.29, 1.82) is 0 Å². The highest BCUT2D eigenvalue weighted by Gasteiger charge is 2.53. The van der Waals surface area contributed by atoms with E-state index in [1.165, 1.54) is 21.5 Å². The Balaban J connectivity index is 1.74. The van der Waals surface area contributed by atoms with E-state index in [0.717, 1.165) is 33.4 Å². The summed E-state index contributed by atoms with van der Waals surface area (Å²) in [6.07, 6.45) is 0. The minimum absolute atomic E-state index is 0.823. The molecule has 1 aliphatic carbocycles. The molecule has 0 heterocycles. The molecule has 0 aliphatic heterocycles. The van der Waals surface area contributed by atoms with Gasteiger partial charge in [-0.1, -0.05) is 109 Å². The van der Waals surface area contributed by atoms with Gasteiger partial charge in [0, 0.05) is 36.5 Å². The summed E-state index contributed by atoms with van der Waals surface area (Å²) in [5.74, 6) is 0. The molecular weight excluding hydrogens is 464 g/mol. The summed E-state index contributed by atoms with van der Waals surface area (Å²) >= 11 is 0. The van der Waals surface area contributed by atoms with Gasteiger partial charge in [-0.25, -0.2) is 0 Å². The summed E-state index contributed by atoms with van der Waals surface area (Å²) in [6, 6.07) is 47.4. The van der Waals surface area contributed by atoms with Gasteiger partial charge in [-0.15, -0.1) is 0 Å². The SMILES string of the molecule is COC1(c2ccccc2)c2cc3ccccc3cc2C(OC)(c2ccccc2)c2cc3ccccc3cc21. The minimum atomic E-state index is -0.823. The third-order valence-electron chi connectivity index (χ3n) is 8.26. The molecule has 0 unspecified atom stereocenters. The van der Waals surface area contributed by atoms with E-state index in [4.69, 9.17) is 9.47 Å². The Bertz CT molecular complexity index is 1570. The van der Waals surface area contributed by atoms with Crippen molar-refractivity contribution in [1.82, 2.24) is 0 Å². The number of hydrogen-bond donors (Lipinski definition) is 0. The number of hydrogen-bond acceptors (Lipinski definition) is 2. The number of fused-ring (bicyclic) bond motifs is 4. The standard InChI is InChI=1S/C36H28O2/c1-37-35(29-17-5-3-6-18-29)31-21-25-13-9-11-15-27(25)23-33(31)36(38-2,30-19-7-4-8-20-30)34-24-28-16-12-10-14-26(28)22-32(34)35/h3-24H,1-2H3. The Morgan fingerprint density at radius 1 is 0.368 bits per heavy atom. The first-order chi connectivity index (χ1) is 18.7. The Kier molecular flexibility index (Phi) is 5.23. The Labute approximate surface area is 223 Å². The second-order valence-corrected chi connectivity index (χ2v) is 9.99. The van der Waals surface area contributed by atoms with E-state index in [1.807, 2.05) is 14.2 Å². The fourth-order valence-corrected chi connectivity index (χ4v) is 6.58. The van der Waals surface area contributed by atoms with Crippen molar-refractivity contribution in [3.8, 4) is 0 Å². The maximum Gasteiger partial charge on any atom is 0.144 e. The van der Waals surface area contributed by atoms with Crippen LogP contribution in [0.15, 0.2) is 133 Å². The summed E-state index contributed by atoms with van der Waals surface area (Å²) in [6.45, 7) is 0. The highest BCUT2D eigenvalue weighted by molar-refractivity contribution is 5.90. The van der Waals surface area contributed by atoms with Crippen LogP contribution in [-0.4, -0.2) is 14.2 Å². The van der Waals surface area contributed by atoms with Crippen LogP contribution >= 0.6 is 0 Å². The fourth-order valence-electron chi connectivity index (χ4n) is 6.58. The first-order valence-electron chi connectivity index (χ1n) is 13.0. The number of benzene rings is 6. The molecule has 1 aliphatic rings. The molecule has 0 amide bonds. The predicted molar refractivity (Wildman–Crippen MR) is 155 cm³/mol. The van der Waals surface area contributed by atoms with Crippen molar-refractivity contribution in [3.63, 3.8) is 0 Å². The van der Waals surface area contributed by atoms with Gasteiger partial charge < -0.3 is 9.47 Å². The average Bonchev–Trinajstić information content (AvgIpc) is 2.99. The second kappa shape index (κ2) is 8.66. The summed E-state index contributed by atoms with van der Waals surface area (Å²) in [5.41, 5.74) is 4.92. The normalized spacial score (nSPS) is 20.3. The zero-order valence-corrected chi connectivity index (χ0v) is 21.5. The lowest BCUT2D eigenvalue weighted by atomic mass is 9.62. The van der Waals surface area contributed by atoms with Crippen LogP contribution in [0.25, 0.3) is 21.5 Å². The van der Waals surface area contributed by atoms with E-state index in [2.05, 4.69) is 133 Å². The fraction of sp³-hybridized carbons (Fsp3) is 0.111. The van der Waals surface area contributed by atoms with Crippen molar-refractivity contribution < 1.29 is 9.47 Å². The van der Waals surface area contributed by atoms with Crippen LogP contribution in [-0.2, 0) is 20.7 Å². The number of methoxy groups -OCH3 is 2. The number of ether oxygens (including phenoxy) is 2. The topological polar surface area (TPSA) is 18.5 Å². The molecule has 0 bridgehead atoms. The van der Waals surface area contributed by atoms with E-state index in [0.29, 0.717) is 0 Å². The molecule has 7 rings (SSSR count). The van der Waals surface area contributed by atoms with Crippen LogP contribution in [0.3, 0.4) is 0 Å². The van der Waals surface area contributed by atoms with Crippen molar-refractivity contribution in [2.24, 2.45) is 0 Å². The van der Waals surface area contributed by atoms with Crippen LogP contribution in [0.1, 0.15) is 33.4 Å². The molecule has 38 heavy (non-hydrogen) atoms. The zero-order chi connectivity index (χ0) is 25.7. The Morgan fingerprint density at radius 3 is 0.895 bits per heavy atom. The third-order valence-corrected chi connectivity index (χ3v) is 8.26. The zero-order valence-electron chi connectivity index (χ0n) is 21.5. The summed E-state index contributed by atoms with van der Waals surface area (Å²) in [7, 11) is 3.65. The molecule has 0 saturated carbocycles. The largest absolute Gasteiger partial charge is 0.364 e. The summed E-state index contributed by atoms with van der Waals surface area (Å²) < 4.78 is 13.5. The Hall–Kier alpha value is -4.24. The highest BCUT2D eigenvalue weighted by atomic mass is 16.5. The van der Waals surface area contributed by atoms with Crippen LogP contribution in [0.2, 0.25) is 0 Å². The van der Waals surface area contributed by atoms with Gasteiger partial charge >= 0.3 is 0 Å². The van der Waals surface area contributed by atoms with Gasteiger partial charge in [0.1, 0.15) is 11.2 Å². The van der Waals surface area contributed by atoms with Crippen LogP contribution in [0.4, 0.5) is 0 Å². The number of rotatable bonds is 4. The van der Waals surface area contributed by atoms with E-state index in [9.17, 15) is 0 Å². The lowest BCUT2D eigenvalue weighted by molar-refractivity contribution is 0.0171. The van der Waals surface area contributed by atoms with Gasteiger partial charge in [0.15, 0.2) is 0 Å². The van der Waals surface area contributed by atoms with E-state index < -0.39 is 11.2 Å². The molecule has 0 N–H and O–H groups in total. The van der Waals surface area contributed by atoms with E-state index >= 15 is 0 Å². The third kappa shape index (κ3) is 3.02. The van der Waals surface area contributed by atoms with Gasteiger partial charge in [-0.3, -0.25) is 0 Å². The highest BCUT2D eigenvalue weighted by Crippen LogP contribution is 2.57. The maximum atomic E-state index is 6.73. The molecule has 6 aromatic carbocycles. The average molecular weight is 493 g/mol. The monoisotopic (exact) mass is 492 g/mol. The molecule has 0 atom stereocenters. The van der Waals surface area contributed by atoms with Gasteiger partial charge in [0.2, 0.25) is 0 Å². The van der Waals surface area contributed by atoms with E-state index in [1.54, 1.807) is 0 Å². The molecule has 0 saturated heterocycles. The molecule has 0 spiro atoms. The van der Waals surface area contributed by atoms with Gasteiger partial charge in [-0.2, -0.15) is 0 Å². The first-order valence-corrected chi connectivity index (χ1v) is 13.0. The summed E-state index contributed by atoms with van der Waals surface area (Å²) in [4.78, 5) is 0. The molecule has 0 radical (unpaired) electrons. The van der Waals surface area contributed by atoms with Gasteiger partial charge in [0.05, 0.1) is 0 Å².